The van der Waals surface area contributed by atoms with E-state index in [1.165, 1.54) is 23.9 Å². The van der Waals surface area contributed by atoms with E-state index in [2.05, 4.69) is 44.9 Å². The molecule has 1 N–H and O–H groups in total. The summed E-state index contributed by atoms with van der Waals surface area (Å²) in [5, 5.41) is 0. The lowest BCUT2D eigenvalue weighted by molar-refractivity contribution is 0.0157. The maximum atomic E-state index is 13.2. The van der Waals surface area contributed by atoms with Gasteiger partial charge in [-0.1, -0.05) is 42.3 Å². The molecule has 168 valence electrons. The summed E-state index contributed by atoms with van der Waals surface area (Å²) >= 11 is 1.59. The van der Waals surface area contributed by atoms with Crippen LogP contribution in [-0.4, -0.2) is 42.6 Å². The first kappa shape index (κ1) is 22.5. The molecule has 2 atom stereocenters. The fourth-order valence-electron chi connectivity index (χ4n) is 4.88. The minimum atomic E-state index is -2.49. The van der Waals surface area contributed by atoms with Crippen LogP contribution in [0.25, 0.3) is 0 Å². The normalized spacial score (nSPS) is 26.5. The van der Waals surface area contributed by atoms with E-state index in [9.17, 15) is 8.78 Å². The quantitative estimate of drug-likeness (QED) is 0.535. The first-order valence-corrected chi connectivity index (χ1v) is 12.3. The number of anilines is 1. The van der Waals surface area contributed by atoms with E-state index in [1.807, 2.05) is 6.26 Å². The Kier molecular flexibility index (Phi) is 7.80. The Bertz CT molecular complexity index is 817. The highest BCUT2D eigenvalue weighted by molar-refractivity contribution is 7.96. The van der Waals surface area contributed by atoms with Gasteiger partial charge in [0.05, 0.1) is 18.8 Å². The van der Waals surface area contributed by atoms with Crippen LogP contribution in [0.5, 0.6) is 0 Å². The van der Waals surface area contributed by atoms with Gasteiger partial charge < -0.3 is 9.64 Å². The number of alkyl halides is 2. The van der Waals surface area contributed by atoms with Gasteiger partial charge in [-0.15, -0.1) is 0 Å². The van der Waals surface area contributed by atoms with Crippen molar-refractivity contribution in [3.63, 3.8) is 0 Å². The number of nitrogens with one attached hydrogen (secondary N) is 1. The smallest absolute Gasteiger partial charge is 0.264 e. The predicted octanol–water partition coefficient (Wildman–Crippen LogP) is 5.58. The second-order valence-corrected chi connectivity index (χ2v) is 9.09. The average Bonchev–Trinajstić information content (AvgIpc) is 3.21. The van der Waals surface area contributed by atoms with Gasteiger partial charge in [-0.25, -0.2) is 13.8 Å². The number of ether oxygens (including phenoxy) is 1. The standard InChI is InChI=1S/C24H31F2N3OS/c1-31-28-21-12-14-29(23-15-19(24(25)26)11-13-27-23)22(21)16-30-20-9-7-18(8-10-20)17-5-3-2-4-6-17/h2-6,11,13,15,18,20-22,24,28H,7-10,12,14,16H2,1H3. The van der Waals surface area contributed by atoms with Crippen LogP contribution in [0.3, 0.4) is 0 Å². The summed E-state index contributed by atoms with van der Waals surface area (Å²) in [4.78, 5) is 6.52. The number of aromatic nitrogens is 1. The van der Waals surface area contributed by atoms with E-state index < -0.39 is 6.43 Å². The summed E-state index contributed by atoms with van der Waals surface area (Å²) in [5.41, 5.74) is 1.45. The topological polar surface area (TPSA) is 37.4 Å². The van der Waals surface area contributed by atoms with Crippen LogP contribution >= 0.6 is 11.9 Å². The summed E-state index contributed by atoms with van der Waals surface area (Å²) < 4.78 is 36.2. The van der Waals surface area contributed by atoms with E-state index in [0.29, 0.717) is 18.3 Å². The molecule has 2 heterocycles. The number of pyridine rings is 1. The minimum Gasteiger partial charge on any atom is -0.376 e. The highest BCUT2D eigenvalue weighted by atomic mass is 32.2. The molecule has 1 aromatic heterocycles. The minimum absolute atomic E-state index is 0.0187. The molecular formula is C24H31F2N3OS. The molecule has 1 aromatic carbocycles. The zero-order valence-corrected chi connectivity index (χ0v) is 18.7. The van der Waals surface area contributed by atoms with Gasteiger partial charge in [0, 0.05) is 24.3 Å². The maximum Gasteiger partial charge on any atom is 0.264 e. The molecule has 1 aliphatic carbocycles. The zero-order valence-electron chi connectivity index (χ0n) is 17.9. The average molecular weight is 448 g/mol. The molecule has 0 amide bonds. The van der Waals surface area contributed by atoms with Gasteiger partial charge in [0.1, 0.15) is 5.82 Å². The molecule has 2 unspecified atom stereocenters. The van der Waals surface area contributed by atoms with E-state index in [4.69, 9.17) is 4.74 Å². The molecule has 2 fully saturated rings. The lowest BCUT2D eigenvalue weighted by Gasteiger charge is -2.33. The Balaban J connectivity index is 1.37. The molecule has 2 aliphatic rings. The highest BCUT2D eigenvalue weighted by Crippen LogP contribution is 2.35. The fraction of sp³-hybridized carbons (Fsp3) is 0.542. The van der Waals surface area contributed by atoms with E-state index in [1.54, 1.807) is 11.9 Å². The second-order valence-electron chi connectivity index (χ2n) is 8.44. The van der Waals surface area contributed by atoms with Crippen molar-refractivity contribution in [3.8, 4) is 0 Å². The van der Waals surface area contributed by atoms with Gasteiger partial charge in [0.2, 0.25) is 0 Å². The summed E-state index contributed by atoms with van der Waals surface area (Å²) in [5.74, 6) is 1.24. The summed E-state index contributed by atoms with van der Waals surface area (Å²) in [6, 6.07) is 14.0. The van der Waals surface area contributed by atoms with E-state index in [0.717, 1.165) is 38.6 Å². The van der Waals surface area contributed by atoms with Crippen molar-refractivity contribution in [2.24, 2.45) is 0 Å². The third-order valence-electron chi connectivity index (χ3n) is 6.58. The molecule has 4 nitrogen and oxygen atoms in total. The molecule has 0 spiro atoms. The molecule has 2 aromatic rings. The van der Waals surface area contributed by atoms with Crippen LogP contribution in [-0.2, 0) is 4.74 Å². The van der Waals surface area contributed by atoms with Crippen LogP contribution in [0.1, 0.15) is 55.6 Å². The molecular weight excluding hydrogens is 416 g/mol. The third-order valence-corrected chi connectivity index (χ3v) is 7.12. The number of hydrogen-bond acceptors (Lipinski definition) is 5. The van der Waals surface area contributed by atoms with E-state index in [-0.39, 0.29) is 23.8 Å². The molecule has 0 radical (unpaired) electrons. The van der Waals surface area contributed by atoms with Crippen LogP contribution in [0, 0.1) is 0 Å². The number of rotatable bonds is 8. The Morgan fingerprint density at radius 1 is 1.13 bits per heavy atom. The molecule has 1 aliphatic heterocycles. The predicted molar refractivity (Wildman–Crippen MR) is 123 cm³/mol. The van der Waals surface area contributed by atoms with Crippen LogP contribution in [0.2, 0.25) is 0 Å². The molecule has 7 heteroatoms. The number of nitrogens with zero attached hydrogens (tertiary/aromatic N) is 2. The lowest BCUT2D eigenvalue weighted by atomic mass is 9.83. The van der Waals surface area contributed by atoms with Gasteiger partial charge in [-0.05, 0) is 62.0 Å². The molecule has 31 heavy (non-hydrogen) atoms. The highest BCUT2D eigenvalue weighted by Gasteiger charge is 2.36. The zero-order chi connectivity index (χ0) is 21.6. The summed E-state index contributed by atoms with van der Waals surface area (Å²) in [6.45, 7) is 1.37. The Labute approximate surface area is 187 Å². The van der Waals surface area contributed by atoms with Crippen molar-refractivity contribution in [2.45, 2.75) is 62.6 Å². The Morgan fingerprint density at radius 2 is 1.90 bits per heavy atom. The largest absolute Gasteiger partial charge is 0.376 e. The molecule has 0 bridgehead atoms. The van der Waals surface area contributed by atoms with Gasteiger partial charge in [0.15, 0.2) is 0 Å². The maximum absolute atomic E-state index is 13.2. The number of halogens is 2. The van der Waals surface area contributed by atoms with Crippen molar-refractivity contribution < 1.29 is 13.5 Å². The third kappa shape index (κ3) is 5.57. The molecule has 1 saturated heterocycles. The first-order chi connectivity index (χ1) is 15.2. The Morgan fingerprint density at radius 3 is 2.61 bits per heavy atom. The monoisotopic (exact) mass is 447 g/mol. The van der Waals surface area contributed by atoms with Crippen molar-refractivity contribution in [2.75, 3.05) is 24.3 Å². The molecule has 4 rings (SSSR count). The summed E-state index contributed by atoms with van der Waals surface area (Å²) in [6.07, 6.45) is 6.63. The lowest BCUT2D eigenvalue weighted by Crippen LogP contribution is -2.45. The number of benzene rings is 1. The number of hydrogen-bond donors (Lipinski definition) is 1. The van der Waals surface area contributed by atoms with Gasteiger partial charge in [-0.3, -0.25) is 4.72 Å². The van der Waals surface area contributed by atoms with E-state index >= 15 is 0 Å². The summed E-state index contributed by atoms with van der Waals surface area (Å²) in [7, 11) is 0. The van der Waals surface area contributed by atoms with Gasteiger partial charge >= 0.3 is 0 Å². The van der Waals surface area contributed by atoms with Crippen molar-refractivity contribution in [1.82, 2.24) is 9.71 Å². The molecule has 1 saturated carbocycles. The SMILES string of the molecule is CSNC1CCN(c2cc(C(F)F)ccn2)C1COC1CCC(c2ccccc2)CC1. The van der Waals surface area contributed by atoms with Crippen molar-refractivity contribution in [1.29, 1.82) is 0 Å². The van der Waals surface area contributed by atoms with Crippen molar-refractivity contribution >= 4 is 17.8 Å². The van der Waals surface area contributed by atoms with Gasteiger partial charge in [-0.2, -0.15) is 0 Å². The van der Waals surface area contributed by atoms with Crippen LogP contribution in [0.15, 0.2) is 48.7 Å². The fourth-order valence-corrected chi connectivity index (χ4v) is 5.46. The Hall–Kier alpha value is -1.70. The van der Waals surface area contributed by atoms with Crippen LogP contribution < -0.4 is 9.62 Å². The first-order valence-electron chi connectivity index (χ1n) is 11.1. The van der Waals surface area contributed by atoms with Gasteiger partial charge in [0.25, 0.3) is 6.43 Å². The second kappa shape index (κ2) is 10.7. The van der Waals surface area contributed by atoms with Crippen molar-refractivity contribution in [3.05, 3.63) is 59.8 Å². The van der Waals surface area contributed by atoms with Crippen LogP contribution in [0.4, 0.5) is 14.6 Å².